The molecule has 0 aromatic carbocycles. The van der Waals surface area contributed by atoms with Crippen molar-refractivity contribution in [3.05, 3.63) is 5.01 Å². The van der Waals surface area contributed by atoms with Crippen molar-refractivity contribution in [3.8, 4) is 0 Å². The van der Waals surface area contributed by atoms with Gasteiger partial charge in [0.1, 0.15) is 10.4 Å². The normalized spacial score (nSPS) is 12.4. The Labute approximate surface area is 103 Å². The predicted molar refractivity (Wildman–Crippen MR) is 64.1 cm³/mol. The lowest BCUT2D eigenvalue weighted by atomic mass is 10.4. The molecule has 0 radical (unpaired) electrons. The summed E-state index contributed by atoms with van der Waals surface area (Å²) in [5.41, 5.74) is 0. The molecule has 0 unspecified atom stereocenters. The van der Waals surface area contributed by atoms with Crippen molar-refractivity contribution in [2.45, 2.75) is 25.6 Å². The number of carbonyl (C=O) groups is 1. The van der Waals surface area contributed by atoms with Gasteiger partial charge in [0.2, 0.25) is 11.0 Å². The third-order valence-corrected chi connectivity index (χ3v) is 2.82. The van der Waals surface area contributed by atoms with E-state index in [1.165, 1.54) is 11.3 Å². The van der Waals surface area contributed by atoms with Gasteiger partial charge in [0, 0.05) is 13.0 Å². The van der Waals surface area contributed by atoms with Crippen LogP contribution < -0.4 is 5.32 Å². The largest absolute Gasteiger partial charge is 0.381 e. The van der Waals surface area contributed by atoms with Crippen LogP contribution in [0, 0.1) is 0 Å². The van der Waals surface area contributed by atoms with Crippen LogP contribution in [0.2, 0.25) is 0 Å². The summed E-state index contributed by atoms with van der Waals surface area (Å²) >= 11 is 6.95. The average molecular weight is 264 g/mol. The summed E-state index contributed by atoms with van der Waals surface area (Å²) in [7, 11) is 0. The van der Waals surface area contributed by atoms with Crippen LogP contribution in [0.5, 0.6) is 0 Å². The fraction of sp³-hybridized carbons (Fsp3) is 0.667. The Bertz CT molecular complexity index is 343. The summed E-state index contributed by atoms with van der Waals surface area (Å²) in [6.07, 6.45) is 0.706. The second-order valence-electron chi connectivity index (χ2n) is 3.05. The Kier molecular flexibility index (Phi) is 5.65. The molecule has 1 aromatic rings. The van der Waals surface area contributed by atoms with E-state index >= 15 is 0 Å². The Morgan fingerprint density at radius 3 is 3.00 bits per heavy atom. The highest BCUT2D eigenvalue weighted by molar-refractivity contribution is 7.15. The highest BCUT2D eigenvalue weighted by atomic mass is 35.5. The lowest BCUT2D eigenvalue weighted by Crippen LogP contribution is -2.20. The second kappa shape index (κ2) is 6.78. The summed E-state index contributed by atoms with van der Waals surface area (Å²) in [5, 5.41) is 11.1. The summed E-state index contributed by atoms with van der Waals surface area (Å²) in [6.45, 7) is 4.85. The van der Waals surface area contributed by atoms with E-state index in [2.05, 4.69) is 15.5 Å². The molecule has 90 valence electrons. The Balaban J connectivity index is 2.42. The van der Waals surface area contributed by atoms with Crippen molar-refractivity contribution < 1.29 is 9.53 Å². The van der Waals surface area contributed by atoms with Crippen molar-refractivity contribution in [1.29, 1.82) is 0 Å². The zero-order valence-corrected chi connectivity index (χ0v) is 10.8. The van der Waals surface area contributed by atoms with Gasteiger partial charge < -0.3 is 4.74 Å². The molecular weight excluding hydrogens is 250 g/mol. The fourth-order valence-electron chi connectivity index (χ4n) is 0.914. The molecule has 0 aliphatic heterocycles. The first-order valence-corrected chi connectivity index (χ1v) is 6.23. The molecule has 5 nitrogen and oxygen atoms in total. The molecule has 1 atom stereocenters. The van der Waals surface area contributed by atoms with Crippen LogP contribution in [-0.4, -0.2) is 34.7 Å². The number of hydrogen-bond donors (Lipinski definition) is 1. The maximum Gasteiger partial charge on any atom is 0.243 e. The Morgan fingerprint density at radius 2 is 2.38 bits per heavy atom. The molecule has 0 saturated heterocycles. The van der Waals surface area contributed by atoms with Gasteiger partial charge in [-0.05, 0) is 13.8 Å². The summed E-state index contributed by atoms with van der Waals surface area (Å²) in [6, 6.07) is 0. The predicted octanol–water partition coefficient (Wildman–Crippen LogP) is 1.68. The third-order valence-electron chi connectivity index (χ3n) is 1.72. The molecule has 0 spiro atoms. The minimum Gasteiger partial charge on any atom is -0.381 e. The highest BCUT2D eigenvalue weighted by Gasteiger charge is 2.12. The summed E-state index contributed by atoms with van der Waals surface area (Å²) < 4.78 is 5.20. The van der Waals surface area contributed by atoms with Crippen molar-refractivity contribution in [3.63, 3.8) is 0 Å². The third kappa shape index (κ3) is 4.42. The number of ether oxygens (including phenoxy) is 1. The standard InChI is InChI=1S/C9H14ClN3O2S/c1-3-15-5-4-7-12-13-9(16-7)11-8(14)6(2)10/h6H,3-5H2,1-2H3,(H,11,13,14)/t6-/m0/s1. The van der Waals surface area contributed by atoms with Crippen molar-refractivity contribution in [2.24, 2.45) is 0 Å². The number of alkyl halides is 1. The zero-order valence-electron chi connectivity index (χ0n) is 9.20. The van der Waals surface area contributed by atoms with Gasteiger partial charge in [-0.2, -0.15) is 0 Å². The molecule has 0 aliphatic rings. The quantitative estimate of drug-likeness (QED) is 0.627. The van der Waals surface area contributed by atoms with Gasteiger partial charge >= 0.3 is 0 Å². The Hall–Kier alpha value is -0.720. The number of amides is 1. The Morgan fingerprint density at radius 1 is 1.62 bits per heavy atom. The van der Waals surface area contributed by atoms with E-state index < -0.39 is 5.38 Å². The SMILES string of the molecule is CCOCCc1nnc(NC(=O)[C@H](C)Cl)s1. The van der Waals surface area contributed by atoms with Crippen molar-refractivity contribution in [2.75, 3.05) is 18.5 Å². The summed E-state index contributed by atoms with van der Waals surface area (Å²) in [4.78, 5) is 11.3. The smallest absolute Gasteiger partial charge is 0.243 e. The second-order valence-corrected chi connectivity index (χ2v) is 4.77. The van der Waals surface area contributed by atoms with Gasteiger partial charge in [-0.1, -0.05) is 11.3 Å². The molecule has 1 N–H and O–H groups in total. The molecule has 1 heterocycles. The average Bonchev–Trinajstić information content (AvgIpc) is 2.66. The van der Waals surface area contributed by atoms with Crippen molar-refractivity contribution in [1.82, 2.24) is 10.2 Å². The number of rotatable bonds is 6. The molecule has 0 fully saturated rings. The lowest BCUT2D eigenvalue weighted by molar-refractivity contribution is -0.115. The number of aromatic nitrogens is 2. The molecule has 0 bridgehead atoms. The van der Waals surface area contributed by atoms with Gasteiger partial charge in [0.25, 0.3) is 0 Å². The zero-order chi connectivity index (χ0) is 12.0. The number of nitrogens with one attached hydrogen (secondary N) is 1. The first kappa shape index (κ1) is 13.3. The van der Waals surface area contributed by atoms with E-state index in [4.69, 9.17) is 16.3 Å². The number of carbonyl (C=O) groups excluding carboxylic acids is 1. The lowest BCUT2D eigenvalue weighted by Gasteiger charge is -2.00. The molecule has 1 amide bonds. The molecule has 1 rings (SSSR count). The number of nitrogens with zero attached hydrogens (tertiary/aromatic N) is 2. The van der Waals surface area contributed by atoms with Crippen LogP contribution in [0.4, 0.5) is 5.13 Å². The van der Waals surface area contributed by atoms with Crippen LogP contribution in [-0.2, 0) is 16.0 Å². The first-order chi connectivity index (χ1) is 7.63. The maximum absolute atomic E-state index is 11.3. The van der Waals surface area contributed by atoms with Crippen molar-refractivity contribution >= 4 is 34.0 Å². The van der Waals surface area contributed by atoms with Crippen LogP contribution in [0.1, 0.15) is 18.9 Å². The van der Waals surface area contributed by atoms with Gasteiger partial charge in [0.15, 0.2) is 0 Å². The van der Waals surface area contributed by atoms with Gasteiger partial charge in [0.05, 0.1) is 6.61 Å². The number of hydrogen-bond acceptors (Lipinski definition) is 5. The molecule has 0 aliphatic carbocycles. The van der Waals surface area contributed by atoms with Crippen LogP contribution >= 0.6 is 22.9 Å². The van der Waals surface area contributed by atoms with E-state index in [0.29, 0.717) is 24.8 Å². The maximum atomic E-state index is 11.3. The first-order valence-electron chi connectivity index (χ1n) is 4.98. The molecule has 1 aromatic heterocycles. The minimum absolute atomic E-state index is 0.269. The monoisotopic (exact) mass is 263 g/mol. The van der Waals surface area contributed by atoms with E-state index in [-0.39, 0.29) is 5.91 Å². The minimum atomic E-state index is -0.573. The highest BCUT2D eigenvalue weighted by Crippen LogP contribution is 2.16. The van der Waals surface area contributed by atoms with E-state index in [0.717, 1.165) is 5.01 Å². The van der Waals surface area contributed by atoms with E-state index in [1.807, 2.05) is 6.92 Å². The van der Waals surface area contributed by atoms with Gasteiger partial charge in [-0.3, -0.25) is 10.1 Å². The van der Waals surface area contributed by atoms with Gasteiger partial charge in [-0.15, -0.1) is 21.8 Å². The number of halogens is 1. The molecule has 16 heavy (non-hydrogen) atoms. The number of anilines is 1. The van der Waals surface area contributed by atoms with E-state index in [1.54, 1.807) is 6.92 Å². The fourth-order valence-corrected chi connectivity index (χ4v) is 1.69. The molecule has 0 saturated carbocycles. The van der Waals surface area contributed by atoms with Crippen LogP contribution in [0.25, 0.3) is 0 Å². The van der Waals surface area contributed by atoms with Gasteiger partial charge in [-0.25, -0.2) is 0 Å². The summed E-state index contributed by atoms with van der Waals surface area (Å²) in [5.74, 6) is -0.269. The van der Waals surface area contributed by atoms with E-state index in [9.17, 15) is 4.79 Å². The van der Waals surface area contributed by atoms with Crippen LogP contribution in [0.3, 0.4) is 0 Å². The molecule has 7 heteroatoms. The topological polar surface area (TPSA) is 64.1 Å². The molecular formula is C9H14ClN3O2S. The van der Waals surface area contributed by atoms with Crippen LogP contribution in [0.15, 0.2) is 0 Å².